The summed E-state index contributed by atoms with van der Waals surface area (Å²) in [5.74, 6) is 0.428. The summed E-state index contributed by atoms with van der Waals surface area (Å²) in [5.41, 5.74) is 1.07. The van der Waals surface area contributed by atoms with Gasteiger partial charge in [0.1, 0.15) is 0 Å². The highest BCUT2D eigenvalue weighted by Crippen LogP contribution is 2.24. The van der Waals surface area contributed by atoms with Gasteiger partial charge in [-0.1, -0.05) is 12.8 Å². The molecule has 1 aromatic heterocycles. The van der Waals surface area contributed by atoms with Crippen molar-refractivity contribution in [3.63, 3.8) is 0 Å². The molecule has 2 unspecified atom stereocenters. The van der Waals surface area contributed by atoms with Crippen molar-refractivity contribution in [1.82, 2.24) is 15.1 Å². The molecule has 4 heteroatoms. The molecule has 0 spiro atoms. The van der Waals surface area contributed by atoms with Crippen molar-refractivity contribution in [1.29, 1.82) is 0 Å². The van der Waals surface area contributed by atoms with Gasteiger partial charge in [0, 0.05) is 32.4 Å². The third kappa shape index (κ3) is 2.83. The molecule has 0 aliphatic heterocycles. The van der Waals surface area contributed by atoms with Gasteiger partial charge in [-0.05, 0) is 24.8 Å². The van der Waals surface area contributed by atoms with Crippen molar-refractivity contribution in [2.45, 2.75) is 38.3 Å². The molecule has 16 heavy (non-hydrogen) atoms. The fraction of sp³-hybridized carbons (Fsp3) is 0.750. The summed E-state index contributed by atoms with van der Waals surface area (Å²) in [5, 5.41) is 17.2. The van der Waals surface area contributed by atoms with Gasteiger partial charge in [0.2, 0.25) is 0 Å². The number of aromatic nitrogens is 2. The molecule has 0 amide bonds. The average Bonchev–Trinajstić information content (AvgIpc) is 2.73. The van der Waals surface area contributed by atoms with E-state index in [0.717, 1.165) is 18.7 Å². The number of aliphatic hydroxyl groups excluding tert-OH is 1. The van der Waals surface area contributed by atoms with E-state index in [2.05, 4.69) is 10.4 Å². The molecule has 1 aliphatic rings. The van der Waals surface area contributed by atoms with Crippen molar-refractivity contribution < 1.29 is 5.11 Å². The smallest absolute Gasteiger partial charge is 0.0762 e. The first-order valence-corrected chi connectivity index (χ1v) is 6.12. The SMILES string of the molecule is Cn1ccc(CNC2CCCCC2CO)n1. The lowest BCUT2D eigenvalue weighted by atomic mass is 9.85. The van der Waals surface area contributed by atoms with Crippen LogP contribution in [0.1, 0.15) is 31.4 Å². The fourth-order valence-electron chi connectivity index (χ4n) is 2.49. The van der Waals surface area contributed by atoms with Gasteiger partial charge in [0.25, 0.3) is 0 Å². The minimum absolute atomic E-state index is 0.305. The molecular formula is C12H21N3O. The Labute approximate surface area is 96.7 Å². The van der Waals surface area contributed by atoms with E-state index in [1.165, 1.54) is 19.3 Å². The Morgan fingerprint density at radius 2 is 2.31 bits per heavy atom. The highest BCUT2D eigenvalue weighted by molar-refractivity contribution is 4.98. The molecule has 1 heterocycles. The first-order chi connectivity index (χ1) is 7.79. The van der Waals surface area contributed by atoms with E-state index in [-0.39, 0.29) is 0 Å². The second kappa shape index (κ2) is 5.46. The number of rotatable bonds is 4. The van der Waals surface area contributed by atoms with E-state index in [4.69, 9.17) is 0 Å². The van der Waals surface area contributed by atoms with Gasteiger partial charge < -0.3 is 10.4 Å². The quantitative estimate of drug-likeness (QED) is 0.802. The van der Waals surface area contributed by atoms with Gasteiger partial charge in [-0.3, -0.25) is 4.68 Å². The van der Waals surface area contributed by atoms with Gasteiger partial charge in [-0.25, -0.2) is 0 Å². The lowest BCUT2D eigenvalue weighted by molar-refractivity contribution is 0.152. The molecular weight excluding hydrogens is 202 g/mol. The van der Waals surface area contributed by atoms with E-state index in [1.807, 2.05) is 24.0 Å². The van der Waals surface area contributed by atoms with Crippen LogP contribution in [0.4, 0.5) is 0 Å². The van der Waals surface area contributed by atoms with Crippen LogP contribution in [0, 0.1) is 5.92 Å². The number of nitrogens with zero attached hydrogens (tertiary/aromatic N) is 2. The van der Waals surface area contributed by atoms with Crippen molar-refractivity contribution >= 4 is 0 Å². The molecule has 4 nitrogen and oxygen atoms in total. The summed E-state index contributed by atoms with van der Waals surface area (Å²) in [7, 11) is 1.93. The Bertz CT molecular complexity index is 324. The van der Waals surface area contributed by atoms with Gasteiger partial charge in [-0.2, -0.15) is 5.10 Å². The average molecular weight is 223 g/mol. The largest absolute Gasteiger partial charge is 0.396 e. The van der Waals surface area contributed by atoms with Crippen LogP contribution in [0.15, 0.2) is 12.3 Å². The second-order valence-corrected chi connectivity index (χ2v) is 4.70. The van der Waals surface area contributed by atoms with E-state index in [9.17, 15) is 5.11 Å². The first kappa shape index (κ1) is 11.6. The van der Waals surface area contributed by atoms with Crippen LogP contribution in [0.2, 0.25) is 0 Å². The summed E-state index contributed by atoms with van der Waals surface area (Å²) >= 11 is 0. The van der Waals surface area contributed by atoms with Gasteiger partial charge in [0.05, 0.1) is 5.69 Å². The molecule has 0 radical (unpaired) electrons. The Morgan fingerprint density at radius 3 is 3.00 bits per heavy atom. The number of hydrogen-bond donors (Lipinski definition) is 2. The molecule has 90 valence electrons. The lowest BCUT2D eigenvalue weighted by Crippen LogP contribution is -2.39. The van der Waals surface area contributed by atoms with E-state index < -0.39 is 0 Å². The van der Waals surface area contributed by atoms with Crippen LogP contribution < -0.4 is 5.32 Å². The lowest BCUT2D eigenvalue weighted by Gasteiger charge is -2.30. The summed E-state index contributed by atoms with van der Waals surface area (Å²) in [6.07, 6.45) is 6.82. The fourth-order valence-corrected chi connectivity index (χ4v) is 2.49. The van der Waals surface area contributed by atoms with Crippen molar-refractivity contribution in [3.8, 4) is 0 Å². The van der Waals surface area contributed by atoms with Crippen molar-refractivity contribution in [2.24, 2.45) is 13.0 Å². The molecule has 1 fully saturated rings. The zero-order valence-corrected chi connectivity index (χ0v) is 9.89. The highest BCUT2D eigenvalue weighted by atomic mass is 16.3. The van der Waals surface area contributed by atoms with Gasteiger partial charge >= 0.3 is 0 Å². The summed E-state index contributed by atoms with van der Waals surface area (Å²) in [6.45, 7) is 1.11. The topological polar surface area (TPSA) is 50.1 Å². The van der Waals surface area contributed by atoms with Crippen LogP contribution in [-0.2, 0) is 13.6 Å². The van der Waals surface area contributed by atoms with Gasteiger partial charge in [-0.15, -0.1) is 0 Å². The Morgan fingerprint density at radius 1 is 1.50 bits per heavy atom. The third-order valence-electron chi connectivity index (χ3n) is 3.46. The standard InChI is InChI=1S/C12H21N3O/c1-15-7-6-11(14-15)8-13-12-5-3-2-4-10(12)9-16/h6-7,10,12-13,16H,2-5,8-9H2,1H3. The summed E-state index contributed by atoms with van der Waals surface area (Å²) in [4.78, 5) is 0. The maximum atomic E-state index is 9.30. The number of nitrogens with one attached hydrogen (secondary N) is 1. The predicted molar refractivity (Wildman–Crippen MR) is 62.9 cm³/mol. The zero-order chi connectivity index (χ0) is 11.4. The van der Waals surface area contributed by atoms with Gasteiger partial charge in [0.15, 0.2) is 0 Å². The summed E-state index contributed by atoms with van der Waals surface area (Å²) in [6, 6.07) is 2.49. The minimum atomic E-state index is 0.305. The highest BCUT2D eigenvalue weighted by Gasteiger charge is 2.23. The van der Waals surface area contributed by atoms with Crippen molar-refractivity contribution in [2.75, 3.05) is 6.61 Å². The van der Waals surface area contributed by atoms with Crippen LogP contribution >= 0.6 is 0 Å². The molecule has 1 aromatic rings. The zero-order valence-electron chi connectivity index (χ0n) is 9.89. The maximum absolute atomic E-state index is 9.30. The number of aliphatic hydroxyl groups is 1. The molecule has 2 N–H and O–H groups in total. The molecule has 0 aromatic carbocycles. The second-order valence-electron chi connectivity index (χ2n) is 4.70. The van der Waals surface area contributed by atoms with Crippen LogP contribution in [-0.4, -0.2) is 27.5 Å². The summed E-state index contributed by atoms with van der Waals surface area (Å²) < 4.78 is 1.82. The number of aryl methyl sites for hydroxylation is 1. The van der Waals surface area contributed by atoms with Crippen LogP contribution in [0.3, 0.4) is 0 Å². The van der Waals surface area contributed by atoms with Crippen LogP contribution in [0.25, 0.3) is 0 Å². The Kier molecular flexibility index (Phi) is 3.96. The van der Waals surface area contributed by atoms with E-state index in [1.54, 1.807) is 0 Å². The predicted octanol–water partition coefficient (Wildman–Crippen LogP) is 1.06. The maximum Gasteiger partial charge on any atom is 0.0762 e. The molecule has 0 saturated heterocycles. The third-order valence-corrected chi connectivity index (χ3v) is 3.46. The molecule has 1 saturated carbocycles. The molecule has 1 aliphatic carbocycles. The Hall–Kier alpha value is -0.870. The molecule has 2 rings (SSSR count). The Balaban J connectivity index is 1.84. The monoisotopic (exact) mass is 223 g/mol. The van der Waals surface area contributed by atoms with Crippen molar-refractivity contribution in [3.05, 3.63) is 18.0 Å². The molecule has 2 atom stereocenters. The normalized spacial score (nSPS) is 25.9. The first-order valence-electron chi connectivity index (χ1n) is 6.12. The molecule has 0 bridgehead atoms. The van der Waals surface area contributed by atoms with E-state index >= 15 is 0 Å². The van der Waals surface area contributed by atoms with E-state index in [0.29, 0.717) is 18.6 Å². The van der Waals surface area contributed by atoms with Crippen LogP contribution in [0.5, 0.6) is 0 Å². The number of hydrogen-bond acceptors (Lipinski definition) is 3. The minimum Gasteiger partial charge on any atom is -0.396 e.